The van der Waals surface area contributed by atoms with Crippen molar-refractivity contribution in [2.75, 3.05) is 5.32 Å². The Kier molecular flexibility index (Phi) is 3.56. The van der Waals surface area contributed by atoms with Gasteiger partial charge in [-0.05, 0) is 31.5 Å². The molecule has 2 rings (SSSR count). The van der Waals surface area contributed by atoms with Crippen LogP contribution in [0, 0.1) is 6.92 Å². The first-order chi connectivity index (χ1) is 7.97. The summed E-state index contributed by atoms with van der Waals surface area (Å²) >= 11 is 13.1. The van der Waals surface area contributed by atoms with E-state index in [1.807, 2.05) is 19.1 Å². The number of hydrogen-bond donors (Lipinski definition) is 1. The summed E-state index contributed by atoms with van der Waals surface area (Å²) in [5.74, 6) is -0.265. The average Bonchev–Trinajstić information content (AvgIpc) is 2.60. The van der Waals surface area contributed by atoms with Crippen LogP contribution in [0.3, 0.4) is 0 Å². The Morgan fingerprint density at radius 3 is 2.88 bits per heavy atom. The number of anilines is 1. The molecule has 17 heavy (non-hydrogen) atoms. The van der Waals surface area contributed by atoms with Crippen molar-refractivity contribution in [3.63, 3.8) is 0 Å². The number of amides is 1. The third-order valence-electron chi connectivity index (χ3n) is 2.18. The molecule has 0 unspecified atom stereocenters. The minimum atomic E-state index is -0.584. The summed E-state index contributed by atoms with van der Waals surface area (Å²) in [5.41, 5.74) is 1.77. The molecule has 3 nitrogen and oxygen atoms in total. The number of aromatic nitrogens is 1. The van der Waals surface area contributed by atoms with Crippen LogP contribution in [0.1, 0.15) is 12.5 Å². The summed E-state index contributed by atoms with van der Waals surface area (Å²) < 4.78 is 0.951. The number of nitrogens with zero attached hydrogens (tertiary/aromatic N) is 1. The van der Waals surface area contributed by atoms with Crippen LogP contribution in [0.4, 0.5) is 5.13 Å². The summed E-state index contributed by atoms with van der Waals surface area (Å²) in [6.07, 6.45) is 0. The van der Waals surface area contributed by atoms with Gasteiger partial charge in [-0.3, -0.25) is 4.79 Å². The fourth-order valence-electron chi connectivity index (χ4n) is 1.38. The van der Waals surface area contributed by atoms with Gasteiger partial charge >= 0.3 is 0 Å². The zero-order valence-corrected chi connectivity index (χ0v) is 11.6. The highest BCUT2D eigenvalue weighted by Gasteiger charge is 2.13. The minimum absolute atomic E-state index is 0.265. The van der Waals surface area contributed by atoms with E-state index in [2.05, 4.69) is 10.3 Å². The molecule has 0 fully saturated rings. The SMILES string of the molecule is Cc1cc(Cl)c2nc(NC(=O)[C@@H](C)Cl)sc2c1. The Morgan fingerprint density at radius 2 is 2.24 bits per heavy atom. The number of halogens is 2. The molecule has 0 spiro atoms. The van der Waals surface area contributed by atoms with Crippen molar-refractivity contribution >= 4 is 55.8 Å². The lowest BCUT2D eigenvalue weighted by atomic mass is 10.2. The number of alkyl halides is 1. The number of nitrogens with one attached hydrogen (secondary N) is 1. The Labute approximate surface area is 113 Å². The molecule has 1 atom stereocenters. The van der Waals surface area contributed by atoms with Gasteiger partial charge in [-0.15, -0.1) is 11.6 Å². The first-order valence-electron chi connectivity index (χ1n) is 4.99. The Morgan fingerprint density at radius 1 is 1.53 bits per heavy atom. The van der Waals surface area contributed by atoms with Gasteiger partial charge in [0, 0.05) is 0 Å². The van der Waals surface area contributed by atoms with E-state index >= 15 is 0 Å². The minimum Gasteiger partial charge on any atom is -0.301 e. The third-order valence-corrected chi connectivity index (χ3v) is 3.59. The summed E-state index contributed by atoms with van der Waals surface area (Å²) in [7, 11) is 0. The smallest absolute Gasteiger partial charge is 0.243 e. The number of hydrogen-bond acceptors (Lipinski definition) is 3. The highest BCUT2D eigenvalue weighted by Crippen LogP contribution is 2.32. The predicted molar refractivity (Wildman–Crippen MR) is 73.3 cm³/mol. The van der Waals surface area contributed by atoms with Gasteiger partial charge in [-0.1, -0.05) is 22.9 Å². The van der Waals surface area contributed by atoms with Crippen LogP contribution in [-0.2, 0) is 4.79 Å². The second kappa shape index (κ2) is 4.80. The van der Waals surface area contributed by atoms with Gasteiger partial charge < -0.3 is 5.32 Å². The van der Waals surface area contributed by atoms with Crippen molar-refractivity contribution in [1.82, 2.24) is 4.98 Å². The van der Waals surface area contributed by atoms with Crippen molar-refractivity contribution in [1.29, 1.82) is 0 Å². The maximum absolute atomic E-state index is 11.4. The average molecular weight is 289 g/mol. The molecule has 0 saturated carbocycles. The number of benzene rings is 1. The van der Waals surface area contributed by atoms with Crippen molar-refractivity contribution in [3.8, 4) is 0 Å². The zero-order chi connectivity index (χ0) is 12.6. The van der Waals surface area contributed by atoms with Gasteiger partial charge in [0.25, 0.3) is 0 Å². The van der Waals surface area contributed by atoms with Gasteiger partial charge in [-0.25, -0.2) is 4.98 Å². The van der Waals surface area contributed by atoms with Crippen molar-refractivity contribution < 1.29 is 4.79 Å². The molecule has 1 N–H and O–H groups in total. The number of carbonyl (C=O) groups is 1. The molecule has 1 amide bonds. The summed E-state index contributed by atoms with van der Waals surface area (Å²) in [6.45, 7) is 3.57. The fourth-order valence-corrected chi connectivity index (χ4v) is 2.80. The first-order valence-corrected chi connectivity index (χ1v) is 6.62. The molecule has 0 aliphatic carbocycles. The number of aryl methyl sites for hydroxylation is 1. The lowest BCUT2D eigenvalue weighted by Crippen LogP contribution is -2.19. The van der Waals surface area contributed by atoms with Crippen molar-refractivity contribution in [2.45, 2.75) is 19.2 Å². The van der Waals surface area contributed by atoms with E-state index in [0.29, 0.717) is 15.7 Å². The molecular formula is C11H10Cl2N2OS. The topological polar surface area (TPSA) is 42.0 Å². The van der Waals surface area contributed by atoms with E-state index in [0.717, 1.165) is 10.3 Å². The Balaban J connectivity index is 2.38. The summed E-state index contributed by atoms with van der Waals surface area (Å²) in [4.78, 5) is 15.7. The number of rotatable bonds is 2. The van der Waals surface area contributed by atoms with E-state index in [4.69, 9.17) is 23.2 Å². The van der Waals surface area contributed by atoms with Gasteiger partial charge in [0.05, 0.1) is 9.72 Å². The first kappa shape index (κ1) is 12.6. The highest BCUT2D eigenvalue weighted by molar-refractivity contribution is 7.22. The molecule has 1 aromatic heterocycles. The van der Waals surface area contributed by atoms with E-state index in [9.17, 15) is 4.79 Å². The molecule has 90 valence electrons. The van der Waals surface area contributed by atoms with E-state index in [-0.39, 0.29) is 5.91 Å². The molecule has 0 aliphatic rings. The van der Waals surface area contributed by atoms with Crippen LogP contribution in [0.25, 0.3) is 10.2 Å². The largest absolute Gasteiger partial charge is 0.301 e. The van der Waals surface area contributed by atoms with Crippen LogP contribution in [0.2, 0.25) is 5.02 Å². The molecule has 2 aromatic rings. The quantitative estimate of drug-likeness (QED) is 0.854. The van der Waals surface area contributed by atoms with Crippen LogP contribution in [0.5, 0.6) is 0 Å². The van der Waals surface area contributed by atoms with Gasteiger partial charge in [0.1, 0.15) is 10.9 Å². The van der Waals surface area contributed by atoms with E-state index in [1.165, 1.54) is 11.3 Å². The third kappa shape index (κ3) is 2.70. The van der Waals surface area contributed by atoms with Crippen LogP contribution < -0.4 is 5.32 Å². The summed E-state index contributed by atoms with van der Waals surface area (Å²) in [6, 6.07) is 3.83. The lowest BCUT2D eigenvalue weighted by molar-refractivity contribution is -0.115. The highest BCUT2D eigenvalue weighted by atomic mass is 35.5. The van der Waals surface area contributed by atoms with Crippen molar-refractivity contribution in [3.05, 3.63) is 22.7 Å². The van der Waals surface area contributed by atoms with Gasteiger partial charge in [0.2, 0.25) is 5.91 Å². The molecule has 0 aliphatic heterocycles. The predicted octanol–water partition coefficient (Wildman–Crippen LogP) is 3.82. The monoisotopic (exact) mass is 288 g/mol. The van der Waals surface area contributed by atoms with E-state index < -0.39 is 5.38 Å². The summed E-state index contributed by atoms with van der Waals surface area (Å²) in [5, 5.41) is 3.18. The number of carbonyl (C=O) groups excluding carboxylic acids is 1. The second-order valence-electron chi connectivity index (χ2n) is 3.72. The Bertz CT molecular complexity index is 580. The maximum atomic E-state index is 11.4. The van der Waals surface area contributed by atoms with Crippen LogP contribution in [-0.4, -0.2) is 16.3 Å². The molecule has 6 heteroatoms. The van der Waals surface area contributed by atoms with Gasteiger partial charge in [0.15, 0.2) is 5.13 Å². The second-order valence-corrected chi connectivity index (χ2v) is 5.81. The lowest BCUT2D eigenvalue weighted by Gasteiger charge is -2.01. The normalized spacial score (nSPS) is 12.7. The van der Waals surface area contributed by atoms with E-state index in [1.54, 1.807) is 6.92 Å². The van der Waals surface area contributed by atoms with Gasteiger partial charge in [-0.2, -0.15) is 0 Å². The molecular weight excluding hydrogens is 279 g/mol. The maximum Gasteiger partial charge on any atom is 0.243 e. The fraction of sp³-hybridized carbons (Fsp3) is 0.273. The number of thiazole rings is 1. The molecule has 1 heterocycles. The van der Waals surface area contributed by atoms with Crippen LogP contribution >= 0.6 is 34.5 Å². The molecule has 1 aromatic carbocycles. The van der Waals surface area contributed by atoms with Crippen molar-refractivity contribution in [2.24, 2.45) is 0 Å². The molecule has 0 saturated heterocycles. The number of fused-ring (bicyclic) bond motifs is 1. The molecule has 0 bridgehead atoms. The Hall–Kier alpha value is -0.840. The zero-order valence-electron chi connectivity index (χ0n) is 9.25. The molecule has 0 radical (unpaired) electrons. The van der Waals surface area contributed by atoms with Crippen LogP contribution in [0.15, 0.2) is 12.1 Å². The standard InChI is InChI=1S/C11H10Cl2N2OS/c1-5-3-7(13)9-8(4-5)17-11(14-9)15-10(16)6(2)12/h3-4,6H,1-2H3,(H,14,15,16)/t6-/m1/s1.